The molecule has 0 bridgehead atoms. The fraction of sp³-hybridized carbons (Fsp3) is 0.533. The van der Waals surface area contributed by atoms with Crippen LogP contribution in [0.3, 0.4) is 0 Å². The number of anilines is 1. The molecule has 0 fully saturated rings. The van der Waals surface area contributed by atoms with Crippen LogP contribution in [0.15, 0.2) is 22.7 Å². The Bertz CT molecular complexity index is 440. The molecule has 5 heteroatoms. The lowest BCUT2D eigenvalue weighted by molar-refractivity contribution is -0.141. The number of hydrogen-bond donors (Lipinski definition) is 1. The molecule has 1 atom stereocenters. The molecule has 0 radical (unpaired) electrons. The van der Waals surface area contributed by atoms with Crippen molar-refractivity contribution in [2.24, 2.45) is 0 Å². The number of carbonyl (C=O) groups excluding carboxylic acids is 1. The van der Waals surface area contributed by atoms with Crippen LogP contribution in [0, 0.1) is 0 Å². The molecule has 0 heterocycles. The normalized spacial score (nSPS) is 12.0. The van der Waals surface area contributed by atoms with Crippen LogP contribution >= 0.6 is 27.5 Å². The van der Waals surface area contributed by atoms with Gasteiger partial charge in [-0.25, -0.2) is 4.79 Å². The van der Waals surface area contributed by atoms with Crippen LogP contribution in [-0.4, -0.2) is 19.1 Å². The van der Waals surface area contributed by atoms with Crippen LogP contribution in [0.2, 0.25) is 5.02 Å². The molecular formula is C15H21BrClNO2. The van der Waals surface area contributed by atoms with E-state index in [9.17, 15) is 4.79 Å². The van der Waals surface area contributed by atoms with Crippen LogP contribution < -0.4 is 5.32 Å². The highest BCUT2D eigenvalue weighted by atomic mass is 79.9. The molecular weight excluding hydrogens is 342 g/mol. The van der Waals surface area contributed by atoms with Crippen molar-refractivity contribution < 1.29 is 9.53 Å². The first-order valence-electron chi connectivity index (χ1n) is 6.88. The second-order valence-electron chi connectivity index (χ2n) is 4.70. The average molecular weight is 363 g/mol. The quantitative estimate of drug-likeness (QED) is 0.521. The zero-order chi connectivity index (χ0) is 15.0. The second kappa shape index (κ2) is 9.24. The zero-order valence-electron chi connectivity index (χ0n) is 11.9. The van der Waals surface area contributed by atoms with Crippen molar-refractivity contribution in [3.05, 3.63) is 27.7 Å². The van der Waals surface area contributed by atoms with E-state index in [0.717, 1.165) is 29.4 Å². The van der Waals surface area contributed by atoms with Crippen LogP contribution in [0.1, 0.15) is 39.0 Å². The maximum atomic E-state index is 11.8. The Morgan fingerprint density at radius 3 is 2.75 bits per heavy atom. The maximum Gasteiger partial charge on any atom is 0.328 e. The summed E-state index contributed by atoms with van der Waals surface area (Å²) in [6.07, 6.45) is 5.29. The number of methoxy groups -OCH3 is 1. The van der Waals surface area contributed by atoms with Gasteiger partial charge in [0.05, 0.1) is 12.1 Å². The molecule has 1 aromatic rings. The molecule has 0 amide bonds. The van der Waals surface area contributed by atoms with Gasteiger partial charge in [-0.3, -0.25) is 0 Å². The largest absolute Gasteiger partial charge is 0.467 e. The molecule has 112 valence electrons. The molecule has 3 nitrogen and oxygen atoms in total. The summed E-state index contributed by atoms with van der Waals surface area (Å²) in [5.41, 5.74) is 0.854. The van der Waals surface area contributed by atoms with E-state index >= 15 is 0 Å². The maximum absolute atomic E-state index is 11.8. The van der Waals surface area contributed by atoms with Crippen molar-refractivity contribution in [3.63, 3.8) is 0 Å². The molecule has 1 unspecified atom stereocenters. The Morgan fingerprint density at radius 1 is 1.40 bits per heavy atom. The lowest BCUT2D eigenvalue weighted by Crippen LogP contribution is -2.30. The highest BCUT2D eigenvalue weighted by molar-refractivity contribution is 9.10. The van der Waals surface area contributed by atoms with E-state index in [0.29, 0.717) is 5.02 Å². The molecule has 0 saturated carbocycles. The van der Waals surface area contributed by atoms with E-state index in [1.807, 2.05) is 12.1 Å². The van der Waals surface area contributed by atoms with Crippen molar-refractivity contribution in [3.8, 4) is 0 Å². The number of nitrogens with one attached hydrogen (secondary N) is 1. The van der Waals surface area contributed by atoms with Gasteiger partial charge in [0.2, 0.25) is 0 Å². The summed E-state index contributed by atoms with van der Waals surface area (Å²) in [6.45, 7) is 2.17. The molecule has 0 aliphatic carbocycles. The first kappa shape index (κ1) is 17.3. The van der Waals surface area contributed by atoms with Gasteiger partial charge in [-0.15, -0.1) is 0 Å². The molecule has 0 aliphatic heterocycles. The van der Waals surface area contributed by atoms with Crippen LogP contribution in [0.25, 0.3) is 0 Å². The second-order valence-corrected chi connectivity index (χ2v) is 5.96. The summed E-state index contributed by atoms with van der Waals surface area (Å²) in [6, 6.07) is 5.20. The third-order valence-electron chi connectivity index (χ3n) is 3.09. The summed E-state index contributed by atoms with van der Waals surface area (Å²) < 4.78 is 5.66. The summed E-state index contributed by atoms with van der Waals surface area (Å²) in [4.78, 5) is 11.8. The number of carbonyl (C=O) groups is 1. The van der Waals surface area contributed by atoms with Crippen molar-refractivity contribution in [2.45, 2.75) is 45.1 Å². The van der Waals surface area contributed by atoms with Gasteiger partial charge in [0.25, 0.3) is 0 Å². The minimum atomic E-state index is -0.315. The molecule has 1 rings (SSSR count). The molecule has 0 aliphatic rings. The van der Waals surface area contributed by atoms with Crippen molar-refractivity contribution >= 4 is 39.2 Å². The summed E-state index contributed by atoms with van der Waals surface area (Å²) in [7, 11) is 1.42. The number of unbranched alkanes of at least 4 members (excludes halogenated alkanes) is 3. The monoisotopic (exact) mass is 361 g/mol. The highest BCUT2D eigenvalue weighted by Gasteiger charge is 2.18. The topological polar surface area (TPSA) is 38.3 Å². The third-order valence-corrected chi connectivity index (χ3v) is 4.31. The van der Waals surface area contributed by atoms with Gasteiger partial charge < -0.3 is 10.1 Å². The summed E-state index contributed by atoms with van der Waals surface area (Å²) in [5.74, 6) is -0.229. The molecule has 20 heavy (non-hydrogen) atoms. The Hall–Kier alpha value is -0.740. The van der Waals surface area contributed by atoms with E-state index in [1.165, 1.54) is 20.0 Å². The lowest BCUT2D eigenvalue weighted by atomic mass is 10.1. The third kappa shape index (κ3) is 5.71. The van der Waals surface area contributed by atoms with Gasteiger partial charge >= 0.3 is 5.97 Å². The summed E-state index contributed by atoms with van der Waals surface area (Å²) in [5, 5.41) is 3.86. The van der Waals surface area contributed by atoms with Crippen molar-refractivity contribution in [1.82, 2.24) is 0 Å². The predicted octanol–water partition coefficient (Wildman–Crippen LogP) is 5.03. The number of hydrogen-bond acceptors (Lipinski definition) is 3. The van der Waals surface area contributed by atoms with E-state index in [1.54, 1.807) is 6.07 Å². The number of halogens is 2. The standard InChI is InChI=1S/C15H21BrClNO2/c1-3-4-5-6-7-14(15(19)20-2)18-11-8-9-13(17)12(16)10-11/h8-10,14,18H,3-7H2,1-2H3. The zero-order valence-corrected chi connectivity index (χ0v) is 14.3. The van der Waals surface area contributed by atoms with Crippen LogP contribution in [0.5, 0.6) is 0 Å². The van der Waals surface area contributed by atoms with Crippen molar-refractivity contribution in [2.75, 3.05) is 12.4 Å². The van der Waals surface area contributed by atoms with E-state index in [2.05, 4.69) is 28.2 Å². The number of esters is 1. The summed E-state index contributed by atoms with van der Waals surface area (Å²) >= 11 is 9.33. The van der Waals surface area contributed by atoms with Gasteiger partial charge in [0.1, 0.15) is 6.04 Å². The van der Waals surface area contributed by atoms with Crippen molar-refractivity contribution in [1.29, 1.82) is 0 Å². The fourth-order valence-corrected chi connectivity index (χ4v) is 2.45. The molecule has 0 spiro atoms. The minimum Gasteiger partial charge on any atom is -0.467 e. The Balaban J connectivity index is 2.63. The van der Waals surface area contributed by atoms with Gasteiger partial charge in [-0.1, -0.05) is 44.2 Å². The SMILES string of the molecule is CCCCCCC(Nc1ccc(Cl)c(Br)c1)C(=O)OC. The lowest BCUT2D eigenvalue weighted by Gasteiger charge is -2.18. The first-order valence-corrected chi connectivity index (χ1v) is 8.05. The molecule has 0 saturated heterocycles. The number of ether oxygens (including phenoxy) is 1. The molecule has 1 aromatic carbocycles. The Kier molecular flexibility index (Phi) is 8.00. The van der Waals surface area contributed by atoms with Gasteiger partial charge in [-0.2, -0.15) is 0 Å². The van der Waals surface area contributed by atoms with E-state index in [4.69, 9.17) is 16.3 Å². The molecule has 0 aromatic heterocycles. The molecule has 1 N–H and O–H groups in total. The van der Waals surface area contributed by atoms with Gasteiger partial charge in [-0.05, 0) is 40.5 Å². The smallest absolute Gasteiger partial charge is 0.328 e. The highest BCUT2D eigenvalue weighted by Crippen LogP contribution is 2.26. The number of rotatable bonds is 8. The van der Waals surface area contributed by atoms with Gasteiger partial charge in [0, 0.05) is 10.2 Å². The van der Waals surface area contributed by atoms with Gasteiger partial charge in [0.15, 0.2) is 0 Å². The first-order chi connectivity index (χ1) is 9.58. The van der Waals surface area contributed by atoms with E-state index in [-0.39, 0.29) is 12.0 Å². The fourth-order valence-electron chi connectivity index (χ4n) is 1.95. The number of benzene rings is 1. The van der Waals surface area contributed by atoms with E-state index < -0.39 is 0 Å². The van der Waals surface area contributed by atoms with Crippen LogP contribution in [-0.2, 0) is 9.53 Å². The minimum absolute atomic E-state index is 0.229. The average Bonchev–Trinajstić information content (AvgIpc) is 2.45. The van der Waals surface area contributed by atoms with Crippen LogP contribution in [0.4, 0.5) is 5.69 Å². The Labute approximate surface area is 134 Å². The Morgan fingerprint density at radius 2 is 2.15 bits per heavy atom. The predicted molar refractivity (Wildman–Crippen MR) is 87.3 cm³/mol.